The molecule has 0 aliphatic carbocycles. The van der Waals surface area contributed by atoms with E-state index in [9.17, 15) is 4.79 Å². The van der Waals surface area contributed by atoms with Crippen molar-refractivity contribution in [1.82, 2.24) is 4.98 Å². The summed E-state index contributed by atoms with van der Waals surface area (Å²) in [7, 11) is 0. The first-order valence-corrected chi connectivity index (χ1v) is 8.82. The number of carbonyl (C=O) groups excluding carboxylic acids is 1. The van der Waals surface area contributed by atoms with Gasteiger partial charge < -0.3 is 5.32 Å². The molecule has 0 spiro atoms. The average Bonchev–Trinajstić information content (AvgIpc) is 3.05. The number of carbonyl (C=O) groups is 1. The molecule has 0 saturated carbocycles. The van der Waals surface area contributed by atoms with E-state index in [0.717, 1.165) is 10.6 Å². The average molecular weight is 368 g/mol. The second kappa shape index (κ2) is 7.47. The number of aromatic nitrogens is 1. The third-order valence-corrected chi connectivity index (χ3v) is 4.80. The van der Waals surface area contributed by atoms with Crippen LogP contribution >= 0.6 is 22.9 Å². The minimum Gasteiger partial charge on any atom is -0.326 e. The first-order valence-electron chi connectivity index (χ1n) is 7.56. The summed E-state index contributed by atoms with van der Waals surface area (Å²) in [6.45, 7) is 2.03. The Morgan fingerprint density at radius 2 is 2.16 bits per heavy atom. The number of benzene rings is 2. The fourth-order valence-electron chi connectivity index (χ4n) is 2.36. The summed E-state index contributed by atoms with van der Waals surface area (Å²) in [5, 5.41) is 14.9. The molecule has 0 aliphatic rings. The van der Waals surface area contributed by atoms with Gasteiger partial charge in [-0.2, -0.15) is 5.26 Å². The van der Waals surface area contributed by atoms with E-state index in [1.807, 2.05) is 36.6 Å². The molecule has 0 bridgehead atoms. The first-order chi connectivity index (χ1) is 12.0. The van der Waals surface area contributed by atoms with E-state index >= 15 is 0 Å². The van der Waals surface area contributed by atoms with Crippen molar-refractivity contribution in [2.45, 2.75) is 13.3 Å². The molecule has 1 amide bonds. The number of amides is 1. The topological polar surface area (TPSA) is 65.8 Å². The smallest absolute Gasteiger partial charge is 0.230 e. The van der Waals surface area contributed by atoms with Crippen molar-refractivity contribution in [2.75, 3.05) is 5.32 Å². The molecular formula is C19H14ClN3OS. The molecule has 0 atom stereocenters. The molecule has 0 aliphatic heterocycles. The summed E-state index contributed by atoms with van der Waals surface area (Å²) < 4.78 is 0. The van der Waals surface area contributed by atoms with Crippen molar-refractivity contribution >= 4 is 34.5 Å². The lowest BCUT2D eigenvalue weighted by Crippen LogP contribution is -2.14. The number of nitrogens with zero attached hydrogens (tertiary/aromatic N) is 2. The van der Waals surface area contributed by atoms with Crippen LogP contribution in [-0.2, 0) is 11.2 Å². The van der Waals surface area contributed by atoms with Crippen LogP contribution < -0.4 is 5.32 Å². The van der Waals surface area contributed by atoms with Gasteiger partial charge >= 0.3 is 0 Å². The Morgan fingerprint density at radius 1 is 1.32 bits per heavy atom. The summed E-state index contributed by atoms with van der Waals surface area (Å²) >= 11 is 7.41. The van der Waals surface area contributed by atoms with Crippen molar-refractivity contribution in [3.8, 4) is 16.6 Å². The molecule has 6 heteroatoms. The third-order valence-electron chi connectivity index (χ3n) is 3.53. The second-order valence-corrected chi connectivity index (χ2v) is 6.81. The highest BCUT2D eigenvalue weighted by molar-refractivity contribution is 7.13. The number of nitrogens with one attached hydrogen (secondary N) is 1. The molecule has 0 unspecified atom stereocenters. The van der Waals surface area contributed by atoms with Gasteiger partial charge in [-0.05, 0) is 31.2 Å². The third kappa shape index (κ3) is 4.24. The fraction of sp³-hybridized carbons (Fsp3) is 0.105. The maximum Gasteiger partial charge on any atom is 0.230 e. The standard InChI is InChI=1S/C19H14ClN3OS/c1-12-3-2-4-13(7-12)19-23-16(11-25-19)9-18(24)22-15-5-6-17(20)14(8-15)10-21/h2-8,11H,9H2,1H3,(H,22,24). The number of rotatable bonds is 4. The zero-order valence-corrected chi connectivity index (χ0v) is 15.0. The van der Waals surface area contributed by atoms with Crippen LogP contribution in [0.15, 0.2) is 47.8 Å². The molecule has 1 aromatic heterocycles. The van der Waals surface area contributed by atoms with Crippen LogP contribution in [0.5, 0.6) is 0 Å². The number of thiazole rings is 1. The summed E-state index contributed by atoms with van der Waals surface area (Å²) in [6.07, 6.45) is 0.173. The number of hydrogen-bond donors (Lipinski definition) is 1. The summed E-state index contributed by atoms with van der Waals surface area (Å²) in [6, 6.07) is 14.9. The Morgan fingerprint density at radius 3 is 2.92 bits per heavy atom. The van der Waals surface area contributed by atoms with E-state index in [4.69, 9.17) is 16.9 Å². The van der Waals surface area contributed by atoms with Gasteiger partial charge in [0.25, 0.3) is 0 Å². The van der Waals surface area contributed by atoms with E-state index < -0.39 is 0 Å². The van der Waals surface area contributed by atoms with E-state index in [0.29, 0.717) is 22.0 Å². The van der Waals surface area contributed by atoms with Gasteiger partial charge in [-0.3, -0.25) is 4.79 Å². The summed E-state index contributed by atoms with van der Waals surface area (Å²) in [5.74, 6) is -0.188. The van der Waals surface area contributed by atoms with Gasteiger partial charge in [0.05, 0.1) is 22.7 Å². The predicted octanol–water partition coefficient (Wildman–Crippen LogP) is 4.82. The van der Waals surface area contributed by atoms with Crippen molar-refractivity contribution in [3.63, 3.8) is 0 Å². The fourth-order valence-corrected chi connectivity index (χ4v) is 3.33. The van der Waals surface area contributed by atoms with Crippen LogP contribution in [-0.4, -0.2) is 10.9 Å². The molecule has 1 N–H and O–H groups in total. The van der Waals surface area contributed by atoms with E-state index in [2.05, 4.69) is 16.4 Å². The van der Waals surface area contributed by atoms with Gasteiger partial charge in [0.2, 0.25) is 5.91 Å². The Balaban J connectivity index is 1.69. The second-order valence-electron chi connectivity index (χ2n) is 5.54. The normalized spacial score (nSPS) is 10.3. The molecule has 3 rings (SSSR count). The van der Waals surface area contributed by atoms with Crippen LogP contribution in [0.4, 0.5) is 5.69 Å². The number of nitriles is 1. The van der Waals surface area contributed by atoms with E-state index in [1.54, 1.807) is 18.2 Å². The van der Waals surface area contributed by atoms with Crippen LogP contribution in [0.3, 0.4) is 0 Å². The summed E-state index contributed by atoms with van der Waals surface area (Å²) in [4.78, 5) is 16.7. The predicted molar refractivity (Wildman–Crippen MR) is 101 cm³/mol. The quantitative estimate of drug-likeness (QED) is 0.718. The molecule has 4 nitrogen and oxygen atoms in total. The molecule has 25 heavy (non-hydrogen) atoms. The van der Waals surface area contributed by atoms with Crippen LogP contribution in [0, 0.1) is 18.3 Å². The molecule has 124 valence electrons. The van der Waals surface area contributed by atoms with Crippen LogP contribution in [0.2, 0.25) is 5.02 Å². The number of anilines is 1. The van der Waals surface area contributed by atoms with Crippen molar-refractivity contribution in [2.24, 2.45) is 0 Å². The van der Waals surface area contributed by atoms with Gasteiger partial charge in [-0.1, -0.05) is 35.4 Å². The number of hydrogen-bond acceptors (Lipinski definition) is 4. The Hall–Kier alpha value is -2.68. The maximum atomic E-state index is 12.2. The van der Waals surface area contributed by atoms with Crippen LogP contribution in [0.25, 0.3) is 10.6 Å². The van der Waals surface area contributed by atoms with Gasteiger partial charge in [0.15, 0.2) is 0 Å². The number of aryl methyl sites for hydroxylation is 1. The zero-order chi connectivity index (χ0) is 17.8. The lowest BCUT2D eigenvalue weighted by atomic mass is 10.1. The monoisotopic (exact) mass is 367 g/mol. The van der Waals surface area contributed by atoms with Crippen molar-refractivity contribution in [1.29, 1.82) is 5.26 Å². The highest BCUT2D eigenvalue weighted by Crippen LogP contribution is 2.25. The van der Waals surface area contributed by atoms with E-state index in [1.165, 1.54) is 16.9 Å². The minimum absolute atomic E-state index is 0.173. The lowest BCUT2D eigenvalue weighted by molar-refractivity contribution is -0.115. The summed E-state index contributed by atoms with van der Waals surface area (Å²) in [5.41, 5.74) is 3.81. The van der Waals surface area contributed by atoms with E-state index in [-0.39, 0.29) is 12.3 Å². The molecule has 1 heterocycles. The zero-order valence-electron chi connectivity index (χ0n) is 13.4. The first kappa shape index (κ1) is 17.2. The highest BCUT2D eigenvalue weighted by Gasteiger charge is 2.10. The molecule has 3 aromatic rings. The Kier molecular flexibility index (Phi) is 5.13. The number of halogens is 1. The highest BCUT2D eigenvalue weighted by atomic mass is 35.5. The molecule has 0 radical (unpaired) electrons. The SMILES string of the molecule is Cc1cccc(-c2nc(CC(=O)Nc3ccc(Cl)c(C#N)c3)cs2)c1. The van der Waals surface area contributed by atoms with Crippen molar-refractivity contribution < 1.29 is 4.79 Å². The maximum absolute atomic E-state index is 12.2. The van der Waals surface area contributed by atoms with Gasteiger partial charge in [0.1, 0.15) is 11.1 Å². The lowest BCUT2D eigenvalue weighted by Gasteiger charge is -2.05. The molecule has 0 saturated heterocycles. The van der Waals surface area contributed by atoms with Gasteiger partial charge in [0, 0.05) is 16.6 Å². The molecular weight excluding hydrogens is 354 g/mol. The van der Waals surface area contributed by atoms with Gasteiger partial charge in [-0.15, -0.1) is 11.3 Å². The van der Waals surface area contributed by atoms with Crippen LogP contribution in [0.1, 0.15) is 16.8 Å². The largest absolute Gasteiger partial charge is 0.326 e. The Bertz CT molecular complexity index is 975. The molecule has 2 aromatic carbocycles. The Labute approximate surface area is 154 Å². The van der Waals surface area contributed by atoms with Gasteiger partial charge in [-0.25, -0.2) is 4.98 Å². The molecule has 0 fully saturated rings. The minimum atomic E-state index is -0.188. The van der Waals surface area contributed by atoms with Crippen molar-refractivity contribution in [3.05, 3.63) is 69.7 Å².